The molecule has 80 valence electrons. The monoisotopic (exact) mass is 225 g/mol. The van der Waals surface area contributed by atoms with E-state index in [-0.39, 0.29) is 6.54 Å². The van der Waals surface area contributed by atoms with E-state index in [9.17, 15) is 0 Å². The molecule has 1 aromatic rings. The highest BCUT2D eigenvalue weighted by molar-refractivity contribution is 6.16. The number of pyridine rings is 1. The molecule has 1 rings (SSSR count). The Morgan fingerprint density at radius 3 is 2.67 bits per heavy atom. The van der Waals surface area contributed by atoms with Gasteiger partial charge in [0.25, 0.3) is 0 Å². The average Bonchev–Trinajstić information content (AvgIpc) is 2.25. The van der Waals surface area contributed by atoms with Crippen LogP contribution in [-0.2, 0) is 12.4 Å². The molecule has 0 aliphatic rings. The van der Waals surface area contributed by atoms with Gasteiger partial charge in [-0.25, -0.2) is 0 Å². The Labute approximate surface area is 93.3 Å². The van der Waals surface area contributed by atoms with Gasteiger partial charge in [0, 0.05) is 30.4 Å². The third-order valence-electron chi connectivity index (χ3n) is 1.87. The normalized spacial score (nSPS) is 9.53. The highest BCUT2D eigenvalue weighted by Crippen LogP contribution is 2.16. The van der Waals surface area contributed by atoms with E-state index in [1.54, 1.807) is 0 Å². The SMILES string of the molecule is CN(C)c1cc(CCl)nc(CN=[N+]=[N-])c1. The number of alkyl halides is 1. The second-order valence-corrected chi connectivity index (χ2v) is 3.49. The minimum Gasteiger partial charge on any atom is -0.378 e. The van der Waals surface area contributed by atoms with Crippen molar-refractivity contribution in [3.63, 3.8) is 0 Å². The second kappa shape index (κ2) is 5.44. The van der Waals surface area contributed by atoms with Crippen molar-refractivity contribution in [2.75, 3.05) is 19.0 Å². The van der Waals surface area contributed by atoms with Crippen LogP contribution in [0.2, 0.25) is 0 Å². The average molecular weight is 226 g/mol. The zero-order valence-electron chi connectivity index (χ0n) is 8.68. The summed E-state index contributed by atoms with van der Waals surface area (Å²) < 4.78 is 0. The lowest BCUT2D eigenvalue weighted by molar-refractivity contribution is 0.944. The van der Waals surface area contributed by atoms with Gasteiger partial charge < -0.3 is 4.90 Å². The first-order valence-corrected chi connectivity index (χ1v) is 4.95. The summed E-state index contributed by atoms with van der Waals surface area (Å²) in [5, 5.41) is 3.47. The van der Waals surface area contributed by atoms with E-state index in [4.69, 9.17) is 17.1 Å². The molecule has 0 bridgehead atoms. The van der Waals surface area contributed by atoms with E-state index < -0.39 is 0 Å². The van der Waals surface area contributed by atoms with E-state index in [1.165, 1.54) is 0 Å². The summed E-state index contributed by atoms with van der Waals surface area (Å²) in [6, 6.07) is 3.79. The lowest BCUT2D eigenvalue weighted by atomic mass is 10.2. The van der Waals surface area contributed by atoms with Crippen LogP contribution in [0.5, 0.6) is 0 Å². The number of hydrogen-bond acceptors (Lipinski definition) is 3. The first kappa shape index (κ1) is 11.6. The molecule has 0 saturated carbocycles. The maximum Gasteiger partial charge on any atom is 0.0685 e. The van der Waals surface area contributed by atoms with Crippen molar-refractivity contribution in [2.45, 2.75) is 12.4 Å². The van der Waals surface area contributed by atoms with Gasteiger partial charge in [-0.1, -0.05) is 5.11 Å². The molecule has 0 aliphatic carbocycles. The fourth-order valence-corrected chi connectivity index (χ4v) is 1.28. The highest BCUT2D eigenvalue weighted by atomic mass is 35.5. The van der Waals surface area contributed by atoms with E-state index in [0.29, 0.717) is 5.88 Å². The van der Waals surface area contributed by atoms with Crippen LogP contribution in [0.3, 0.4) is 0 Å². The third-order valence-corrected chi connectivity index (χ3v) is 2.14. The number of rotatable bonds is 4. The van der Waals surface area contributed by atoms with Gasteiger partial charge in [0.1, 0.15) is 0 Å². The van der Waals surface area contributed by atoms with Gasteiger partial charge in [-0.05, 0) is 17.7 Å². The highest BCUT2D eigenvalue weighted by Gasteiger charge is 2.03. The van der Waals surface area contributed by atoms with Crippen molar-refractivity contribution in [1.29, 1.82) is 0 Å². The van der Waals surface area contributed by atoms with Crippen LogP contribution in [0.1, 0.15) is 11.4 Å². The summed E-state index contributed by atoms with van der Waals surface area (Å²) in [4.78, 5) is 8.90. The Bertz CT molecular complexity index is 384. The minimum absolute atomic E-state index is 0.252. The zero-order chi connectivity index (χ0) is 11.3. The molecule has 0 aliphatic heterocycles. The molecule has 0 radical (unpaired) electrons. The molecule has 0 N–H and O–H groups in total. The Balaban J connectivity index is 3.05. The molecule has 15 heavy (non-hydrogen) atoms. The Kier molecular flexibility index (Phi) is 4.21. The van der Waals surface area contributed by atoms with E-state index in [1.807, 2.05) is 31.1 Å². The first-order valence-electron chi connectivity index (χ1n) is 4.41. The van der Waals surface area contributed by atoms with E-state index in [2.05, 4.69) is 15.0 Å². The van der Waals surface area contributed by atoms with Gasteiger partial charge in [0.15, 0.2) is 0 Å². The van der Waals surface area contributed by atoms with Gasteiger partial charge in [-0.2, -0.15) is 0 Å². The fourth-order valence-electron chi connectivity index (χ4n) is 1.14. The Hall–Kier alpha value is -1.45. The smallest absolute Gasteiger partial charge is 0.0685 e. The van der Waals surface area contributed by atoms with Crippen molar-refractivity contribution in [2.24, 2.45) is 5.11 Å². The molecule has 0 unspecified atom stereocenters. The van der Waals surface area contributed by atoms with Gasteiger partial charge in [-0.3, -0.25) is 4.98 Å². The summed E-state index contributed by atoms with van der Waals surface area (Å²) in [6.07, 6.45) is 0. The lowest BCUT2D eigenvalue weighted by Gasteiger charge is -2.14. The van der Waals surface area contributed by atoms with Crippen molar-refractivity contribution < 1.29 is 0 Å². The van der Waals surface area contributed by atoms with E-state index >= 15 is 0 Å². The first-order chi connectivity index (χ1) is 7.17. The molecule has 0 spiro atoms. The minimum atomic E-state index is 0.252. The quantitative estimate of drug-likeness (QED) is 0.342. The second-order valence-electron chi connectivity index (χ2n) is 3.23. The number of nitrogens with zero attached hydrogens (tertiary/aromatic N) is 5. The van der Waals surface area contributed by atoms with Gasteiger partial charge in [0.05, 0.1) is 18.1 Å². The van der Waals surface area contributed by atoms with Crippen LogP contribution in [0.15, 0.2) is 17.2 Å². The summed E-state index contributed by atoms with van der Waals surface area (Å²) in [5.74, 6) is 0.352. The predicted molar refractivity (Wildman–Crippen MR) is 61.0 cm³/mol. The van der Waals surface area contributed by atoms with Crippen molar-refractivity contribution in [1.82, 2.24) is 4.98 Å². The number of aromatic nitrogens is 1. The van der Waals surface area contributed by atoms with Crippen LogP contribution in [0.4, 0.5) is 5.69 Å². The molecule has 0 amide bonds. The number of anilines is 1. The maximum atomic E-state index is 8.23. The van der Waals surface area contributed by atoms with E-state index in [0.717, 1.165) is 17.1 Å². The molecule has 0 aromatic carbocycles. The number of halogens is 1. The molecule has 5 nitrogen and oxygen atoms in total. The molecule has 6 heteroatoms. The maximum absolute atomic E-state index is 8.23. The van der Waals surface area contributed by atoms with Gasteiger partial charge in [-0.15, -0.1) is 11.6 Å². The zero-order valence-corrected chi connectivity index (χ0v) is 9.44. The van der Waals surface area contributed by atoms with Gasteiger partial charge in [0.2, 0.25) is 0 Å². The molecule has 1 heterocycles. The summed E-state index contributed by atoms with van der Waals surface area (Å²) in [7, 11) is 3.87. The molecule has 1 aromatic heterocycles. The Morgan fingerprint density at radius 1 is 1.47 bits per heavy atom. The summed E-state index contributed by atoms with van der Waals surface area (Å²) >= 11 is 5.73. The van der Waals surface area contributed by atoms with Crippen LogP contribution >= 0.6 is 11.6 Å². The standard InChI is InChI=1S/C9H12ClN5/c1-15(2)9-3-7(5-10)13-8(4-9)6-12-14-11/h3-4H,5-6H2,1-2H3. The molecule has 0 saturated heterocycles. The van der Waals surface area contributed by atoms with Crippen LogP contribution < -0.4 is 4.90 Å². The predicted octanol–water partition coefficient (Wildman–Crippen LogP) is 2.70. The number of hydrogen-bond donors (Lipinski definition) is 0. The molecule has 0 fully saturated rings. The number of azide groups is 1. The molecular formula is C9H12ClN5. The molecule has 0 atom stereocenters. The largest absolute Gasteiger partial charge is 0.378 e. The summed E-state index contributed by atoms with van der Waals surface area (Å²) in [6.45, 7) is 0.252. The lowest BCUT2D eigenvalue weighted by Crippen LogP contribution is -2.10. The van der Waals surface area contributed by atoms with Crippen LogP contribution in [0, 0.1) is 0 Å². The summed E-state index contributed by atoms with van der Waals surface area (Å²) in [5.41, 5.74) is 10.7. The fraction of sp³-hybridized carbons (Fsp3) is 0.444. The van der Waals surface area contributed by atoms with Crippen molar-refractivity contribution in [3.05, 3.63) is 34.0 Å². The Morgan fingerprint density at radius 2 is 2.13 bits per heavy atom. The molecular weight excluding hydrogens is 214 g/mol. The van der Waals surface area contributed by atoms with Gasteiger partial charge >= 0.3 is 0 Å². The van der Waals surface area contributed by atoms with Crippen LogP contribution in [-0.4, -0.2) is 19.1 Å². The topological polar surface area (TPSA) is 64.9 Å². The van der Waals surface area contributed by atoms with Crippen molar-refractivity contribution in [3.8, 4) is 0 Å². The van der Waals surface area contributed by atoms with Crippen molar-refractivity contribution >= 4 is 17.3 Å². The third kappa shape index (κ3) is 3.31. The van der Waals surface area contributed by atoms with Crippen LogP contribution in [0.25, 0.3) is 10.4 Å².